The molecule has 0 radical (unpaired) electrons. The van der Waals surface area contributed by atoms with Crippen LogP contribution >= 0.6 is 11.8 Å². The Labute approximate surface area is 166 Å². The molecule has 1 aromatic carbocycles. The van der Waals surface area contributed by atoms with Crippen molar-refractivity contribution in [1.29, 1.82) is 10.5 Å². The van der Waals surface area contributed by atoms with E-state index in [0.29, 0.717) is 5.69 Å². The highest BCUT2D eigenvalue weighted by Crippen LogP contribution is 2.24. The fourth-order valence-corrected chi connectivity index (χ4v) is 3.92. The molecule has 11 heteroatoms. The fourth-order valence-electron chi connectivity index (χ4n) is 2.11. The maximum atomic E-state index is 12.1. The van der Waals surface area contributed by atoms with Crippen molar-refractivity contribution in [2.24, 2.45) is 0 Å². The second-order valence-electron chi connectivity index (χ2n) is 5.36. The highest BCUT2D eigenvalue weighted by molar-refractivity contribution is 8.00. The Bertz CT molecular complexity index is 1070. The summed E-state index contributed by atoms with van der Waals surface area (Å²) in [6.07, 6.45) is 0. The van der Waals surface area contributed by atoms with Crippen molar-refractivity contribution >= 4 is 39.2 Å². The first-order valence-electron chi connectivity index (χ1n) is 7.93. The van der Waals surface area contributed by atoms with Crippen LogP contribution in [0.1, 0.15) is 18.1 Å². The lowest BCUT2D eigenvalue weighted by Gasteiger charge is -2.08. The van der Waals surface area contributed by atoms with Crippen LogP contribution in [0.4, 0.5) is 11.5 Å². The summed E-state index contributed by atoms with van der Waals surface area (Å²) in [6.45, 7) is 1.95. The minimum Gasteiger partial charge on any atom is -0.383 e. The third-order valence-corrected chi connectivity index (χ3v) is 5.93. The van der Waals surface area contributed by atoms with Crippen LogP contribution in [0.15, 0.2) is 40.3 Å². The van der Waals surface area contributed by atoms with Crippen LogP contribution in [-0.2, 0) is 14.8 Å². The number of nitrogens with two attached hydrogens (primary N) is 1. The summed E-state index contributed by atoms with van der Waals surface area (Å²) in [5.41, 5.74) is 6.32. The van der Waals surface area contributed by atoms with E-state index >= 15 is 0 Å². The van der Waals surface area contributed by atoms with Crippen LogP contribution in [0, 0.1) is 22.7 Å². The van der Waals surface area contributed by atoms with E-state index < -0.39 is 10.0 Å². The molecule has 9 nitrogen and oxygen atoms in total. The summed E-state index contributed by atoms with van der Waals surface area (Å²) < 4.78 is 26.2. The Morgan fingerprint density at radius 1 is 1.21 bits per heavy atom. The van der Waals surface area contributed by atoms with E-state index in [2.05, 4.69) is 15.0 Å². The zero-order valence-electron chi connectivity index (χ0n) is 14.8. The van der Waals surface area contributed by atoms with Crippen molar-refractivity contribution in [3.8, 4) is 12.1 Å². The molecule has 2 rings (SSSR count). The molecule has 0 aliphatic rings. The van der Waals surface area contributed by atoms with Crippen molar-refractivity contribution in [3.63, 3.8) is 0 Å². The standard InChI is InChI=1S/C17H16N6O3S2/c1-2-21-28(25,26)14-5-3-13(4-6-14)22-15(24)10-27-17-12(9-19)7-11(8-18)16(20)23-17/h3-7,21H,2,10H2,1H3,(H2,20,23)(H,22,24). The highest BCUT2D eigenvalue weighted by Gasteiger charge is 2.14. The molecule has 4 N–H and O–H groups in total. The van der Waals surface area contributed by atoms with Gasteiger partial charge >= 0.3 is 0 Å². The van der Waals surface area contributed by atoms with E-state index in [0.717, 1.165) is 11.8 Å². The molecule has 0 saturated heterocycles. The predicted octanol–water partition coefficient (Wildman–Crippen LogP) is 1.44. The smallest absolute Gasteiger partial charge is 0.240 e. The van der Waals surface area contributed by atoms with Gasteiger partial charge in [-0.3, -0.25) is 4.79 Å². The fraction of sp³-hybridized carbons (Fsp3) is 0.176. The van der Waals surface area contributed by atoms with Crippen molar-refractivity contribution < 1.29 is 13.2 Å². The Morgan fingerprint density at radius 2 is 1.86 bits per heavy atom. The van der Waals surface area contributed by atoms with Crippen LogP contribution in [-0.4, -0.2) is 31.6 Å². The number of nitriles is 2. The number of carbonyl (C=O) groups excluding carboxylic acids is 1. The lowest BCUT2D eigenvalue weighted by atomic mass is 10.2. The second kappa shape index (κ2) is 9.19. The molecule has 1 amide bonds. The molecule has 0 saturated carbocycles. The lowest BCUT2D eigenvalue weighted by molar-refractivity contribution is -0.113. The number of pyridine rings is 1. The van der Waals surface area contributed by atoms with Gasteiger partial charge in [-0.15, -0.1) is 0 Å². The van der Waals surface area contributed by atoms with E-state index in [9.17, 15) is 13.2 Å². The third-order valence-electron chi connectivity index (χ3n) is 3.38. The van der Waals surface area contributed by atoms with Crippen LogP contribution in [0.5, 0.6) is 0 Å². The average molecular weight is 416 g/mol. The minimum atomic E-state index is -3.56. The van der Waals surface area contributed by atoms with Gasteiger partial charge in [-0.05, 0) is 30.3 Å². The number of nitrogen functional groups attached to an aromatic ring is 1. The van der Waals surface area contributed by atoms with Gasteiger partial charge in [0.05, 0.1) is 21.8 Å². The summed E-state index contributed by atoms with van der Waals surface area (Å²) in [5, 5.41) is 20.9. The number of anilines is 2. The third kappa shape index (κ3) is 5.20. The van der Waals surface area contributed by atoms with Crippen LogP contribution in [0.3, 0.4) is 0 Å². The second-order valence-corrected chi connectivity index (χ2v) is 8.09. The topological polar surface area (TPSA) is 162 Å². The van der Waals surface area contributed by atoms with E-state index in [1.165, 1.54) is 30.3 Å². The van der Waals surface area contributed by atoms with E-state index in [-0.39, 0.29) is 45.1 Å². The zero-order valence-corrected chi connectivity index (χ0v) is 16.4. The minimum absolute atomic E-state index is 0.0121. The van der Waals surface area contributed by atoms with Gasteiger partial charge in [0.15, 0.2) is 0 Å². The van der Waals surface area contributed by atoms with Crippen molar-refractivity contribution in [2.45, 2.75) is 16.8 Å². The number of hydrogen-bond donors (Lipinski definition) is 3. The van der Waals surface area contributed by atoms with Gasteiger partial charge < -0.3 is 11.1 Å². The SMILES string of the molecule is CCNS(=O)(=O)c1ccc(NC(=O)CSc2nc(N)c(C#N)cc2C#N)cc1. The van der Waals surface area contributed by atoms with Gasteiger partial charge in [-0.25, -0.2) is 18.1 Å². The first-order valence-corrected chi connectivity index (χ1v) is 10.4. The number of benzene rings is 1. The molecule has 1 aromatic heterocycles. The molecule has 0 spiro atoms. The molecule has 0 atom stereocenters. The number of amides is 1. The number of nitrogens with zero attached hydrogens (tertiary/aromatic N) is 3. The summed E-state index contributed by atoms with van der Waals surface area (Å²) in [4.78, 5) is 16.2. The molecule has 1 heterocycles. The summed E-state index contributed by atoms with van der Waals surface area (Å²) >= 11 is 1.01. The molecular weight excluding hydrogens is 400 g/mol. The van der Waals surface area contributed by atoms with Gasteiger partial charge in [-0.2, -0.15) is 10.5 Å². The van der Waals surface area contributed by atoms with Crippen LogP contribution in [0.25, 0.3) is 0 Å². The quantitative estimate of drug-likeness (QED) is 0.571. The largest absolute Gasteiger partial charge is 0.383 e. The van der Waals surface area contributed by atoms with Crippen molar-refractivity contribution in [1.82, 2.24) is 9.71 Å². The molecule has 0 aliphatic carbocycles. The first kappa shape index (κ1) is 21.2. The maximum Gasteiger partial charge on any atom is 0.240 e. The van der Waals surface area contributed by atoms with E-state index in [1.807, 2.05) is 12.1 Å². The van der Waals surface area contributed by atoms with Gasteiger partial charge in [0.25, 0.3) is 0 Å². The Morgan fingerprint density at radius 3 is 2.43 bits per heavy atom. The maximum absolute atomic E-state index is 12.1. The highest BCUT2D eigenvalue weighted by atomic mass is 32.2. The van der Waals surface area contributed by atoms with E-state index in [4.69, 9.17) is 16.3 Å². The average Bonchev–Trinajstić information content (AvgIpc) is 2.66. The molecule has 0 fully saturated rings. The first-order chi connectivity index (χ1) is 13.3. The van der Waals surface area contributed by atoms with Gasteiger partial charge in [0, 0.05) is 12.2 Å². The summed E-state index contributed by atoms with van der Waals surface area (Å²) in [6, 6.07) is 10.8. The normalized spacial score (nSPS) is 10.7. The molecule has 28 heavy (non-hydrogen) atoms. The number of rotatable bonds is 7. The Hall–Kier alpha value is -3.12. The van der Waals surface area contributed by atoms with Crippen LogP contribution < -0.4 is 15.8 Å². The molecule has 2 aromatic rings. The number of hydrogen-bond acceptors (Lipinski definition) is 8. The summed E-state index contributed by atoms with van der Waals surface area (Å²) in [7, 11) is -3.56. The summed E-state index contributed by atoms with van der Waals surface area (Å²) in [5.74, 6) is -0.437. The lowest BCUT2D eigenvalue weighted by Crippen LogP contribution is -2.23. The predicted molar refractivity (Wildman–Crippen MR) is 105 cm³/mol. The number of sulfonamides is 1. The molecule has 144 valence electrons. The molecule has 0 aliphatic heterocycles. The number of nitrogens with one attached hydrogen (secondary N) is 2. The monoisotopic (exact) mass is 416 g/mol. The van der Waals surface area contributed by atoms with Crippen molar-refractivity contribution in [2.75, 3.05) is 23.3 Å². The Balaban J connectivity index is 2.03. The van der Waals surface area contributed by atoms with Crippen molar-refractivity contribution in [3.05, 3.63) is 41.5 Å². The molecule has 0 unspecified atom stereocenters. The molecule has 0 bridgehead atoms. The zero-order chi connectivity index (χ0) is 20.7. The van der Waals surface area contributed by atoms with Crippen LogP contribution in [0.2, 0.25) is 0 Å². The van der Waals surface area contributed by atoms with E-state index in [1.54, 1.807) is 6.92 Å². The van der Waals surface area contributed by atoms with Gasteiger partial charge in [0.2, 0.25) is 15.9 Å². The number of carbonyl (C=O) groups is 1. The van der Waals surface area contributed by atoms with Gasteiger partial charge in [-0.1, -0.05) is 18.7 Å². The molecular formula is C17H16N6O3S2. The Kier molecular flexibility index (Phi) is 6.95. The van der Waals surface area contributed by atoms with Gasteiger partial charge in [0.1, 0.15) is 23.0 Å². The number of thioether (sulfide) groups is 1. The number of aromatic nitrogens is 1.